The van der Waals surface area contributed by atoms with Crippen LogP contribution in [0.2, 0.25) is 0 Å². The number of amides is 1. The number of hydrogen-bond acceptors (Lipinski definition) is 5. The predicted molar refractivity (Wildman–Crippen MR) is 112 cm³/mol. The zero-order chi connectivity index (χ0) is 20.3. The van der Waals surface area contributed by atoms with Crippen LogP contribution in [0.15, 0.2) is 73.1 Å². The van der Waals surface area contributed by atoms with Gasteiger partial charge in [-0.1, -0.05) is 19.1 Å². The Hall–Kier alpha value is -3.67. The Bertz CT molecular complexity index is 941. The minimum absolute atomic E-state index is 0.220. The lowest BCUT2D eigenvalue weighted by Crippen LogP contribution is -2.20. The molecular formula is C23H23N3O3. The molecule has 0 saturated heterocycles. The summed E-state index contributed by atoms with van der Waals surface area (Å²) in [5.41, 5.74) is 1.50. The SMILES string of the molecule is CCCOc1ccc(Oc2ncccc2CNC(=O)/C=C/c2ccccn2)cc1. The maximum atomic E-state index is 12.1. The second-order valence-corrected chi connectivity index (χ2v) is 6.20. The number of pyridine rings is 2. The quantitative estimate of drug-likeness (QED) is 0.550. The summed E-state index contributed by atoms with van der Waals surface area (Å²) in [6.45, 7) is 3.04. The van der Waals surface area contributed by atoms with Crippen LogP contribution in [0.1, 0.15) is 24.6 Å². The van der Waals surface area contributed by atoms with E-state index in [0.717, 1.165) is 23.4 Å². The van der Waals surface area contributed by atoms with E-state index in [1.165, 1.54) is 6.08 Å². The summed E-state index contributed by atoms with van der Waals surface area (Å²) >= 11 is 0. The van der Waals surface area contributed by atoms with Crippen molar-refractivity contribution in [2.75, 3.05) is 6.61 Å². The van der Waals surface area contributed by atoms with Crippen molar-refractivity contribution in [3.05, 3.63) is 84.3 Å². The highest BCUT2D eigenvalue weighted by atomic mass is 16.5. The van der Waals surface area contributed by atoms with E-state index < -0.39 is 0 Å². The molecular weight excluding hydrogens is 366 g/mol. The van der Waals surface area contributed by atoms with Gasteiger partial charge in [-0.2, -0.15) is 0 Å². The number of carbonyl (C=O) groups is 1. The number of carbonyl (C=O) groups excluding carboxylic acids is 1. The molecule has 0 bridgehead atoms. The first kappa shape index (κ1) is 20.1. The van der Waals surface area contributed by atoms with Crippen LogP contribution in [0, 0.1) is 0 Å². The molecule has 6 nitrogen and oxygen atoms in total. The minimum Gasteiger partial charge on any atom is -0.494 e. The molecule has 2 heterocycles. The average Bonchev–Trinajstić information content (AvgIpc) is 2.77. The third kappa shape index (κ3) is 6.46. The van der Waals surface area contributed by atoms with Crippen LogP contribution in [0.25, 0.3) is 6.08 Å². The van der Waals surface area contributed by atoms with Crippen LogP contribution in [0.4, 0.5) is 0 Å². The standard InChI is InChI=1S/C23H23N3O3/c1-2-16-28-20-9-11-21(12-10-20)29-23-18(6-5-15-25-23)17-26-22(27)13-8-19-7-3-4-14-24-19/h3-15H,2,16-17H2,1H3,(H,26,27)/b13-8+. The molecule has 0 fully saturated rings. The molecule has 1 aromatic carbocycles. The van der Waals surface area contributed by atoms with Crippen LogP contribution in [-0.2, 0) is 11.3 Å². The van der Waals surface area contributed by atoms with Crippen molar-refractivity contribution in [1.82, 2.24) is 15.3 Å². The van der Waals surface area contributed by atoms with Crippen molar-refractivity contribution in [3.8, 4) is 17.4 Å². The summed E-state index contributed by atoms with van der Waals surface area (Å²) in [5.74, 6) is 1.68. The summed E-state index contributed by atoms with van der Waals surface area (Å²) in [6, 6.07) is 16.6. The first-order valence-electron chi connectivity index (χ1n) is 9.46. The number of ether oxygens (including phenoxy) is 2. The van der Waals surface area contributed by atoms with Crippen LogP contribution < -0.4 is 14.8 Å². The number of rotatable bonds is 9. The van der Waals surface area contributed by atoms with Crippen molar-refractivity contribution in [3.63, 3.8) is 0 Å². The maximum absolute atomic E-state index is 12.1. The average molecular weight is 389 g/mol. The van der Waals surface area contributed by atoms with Gasteiger partial charge in [0.05, 0.1) is 12.3 Å². The van der Waals surface area contributed by atoms with Gasteiger partial charge in [0.1, 0.15) is 11.5 Å². The molecule has 1 N–H and O–H groups in total. The Kier molecular flexibility index (Phi) is 7.34. The normalized spacial score (nSPS) is 10.7. The first-order chi connectivity index (χ1) is 14.2. The van der Waals surface area contributed by atoms with E-state index in [0.29, 0.717) is 24.8 Å². The molecule has 0 radical (unpaired) electrons. The Morgan fingerprint density at radius 1 is 1.00 bits per heavy atom. The number of aromatic nitrogens is 2. The van der Waals surface area contributed by atoms with Gasteiger partial charge in [-0.05, 0) is 55.0 Å². The predicted octanol–water partition coefficient (Wildman–Crippen LogP) is 4.39. The summed E-state index contributed by atoms with van der Waals surface area (Å²) < 4.78 is 11.5. The number of nitrogens with one attached hydrogen (secondary N) is 1. The Morgan fingerprint density at radius 3 is 2.55 bits per heavy atom. The molecule has 3 aromatic rings. The Labute approximate surface area is 170 Å². The van der Waals surface area contributed by atoms with E-state index in [4.69, 9.17) is 9.47 Å². The van der Waals surface area contributed by atoms with Gasteiger partial charge in [-0.3, -0.25) is 9.78 Å². The Balaban J connectivity index is 1.58. The lowest BCUT2D eigenvalue weighted by atomic mass is 10.2. The summed E-state index contributed by atoms with van der Waals surface area (Å²) in [6.07, 6.45) is 7.41. The number of benzene rings is 1. The molecule has 1 amide bonds. The molecule has 29 heavy (non-hydrogen) atoms. The number of hydrogen-bond donors (Lipinski definition) is 1. The largest absolute Gasteiger partial charge is 0.494 e. The van der Waals surface area contributed by atoms with Crippen LogP contribution in [0.3, 0.4) is 0 Å². The number of nitrogens with zero attached hydrogens (tertiary/aromatic N) is 2. The van der Waals surface area contributed by atoms with Gasteiger partial charge in [0.15, 0.2) is 0 Å². The molecule has 0 aliphatic heterocycles. The van der Waals surface area contributed by atoms with Gasteiger partial charge in [-0.15, -0.1) is 0 Å². The van der Waals surface area contributed by atoms with Gasteiger partial charge >= 0.3 is 0 Å². The van der Waals surface area contributed by atoms with Crippen molar-refractivity contribution in [2.24, 2.45) is 0 Å². The third-order valence-electron chi connectivity index (χ3n) is 3.91. The van der Waals surface area contributed by atoms with Crippen molar-refractivity contribution >= 4 is 12.0 Å². The highest BCUT2D eigenvalue weighted by molar-refractivity contribution is 5.91. The lowest BCUT2D eigenvalue weighted by Gasteiger charge is -2.11. The van der Waals surface area contributed by atoms with Crippen LogP contribution in [-0.4, -0.2) is 22.5 Å². The topological polar surface area (TPSA) is 73.3 Å². The van der Waals surface area contributed by atoms with Gasteiger partial charge in [0.2, 0.25) is 11.8 Å². The fraction of sp³-hybridized carbons (Fsp3) is 0.174. The minimum atomic E-state index is -0.220. The fourth-order valence-corrected chi connectivity index (χ4v) is 2.46. The second-order valence-electron chi connectivity index (χ2n) is 6.20. The van der Waals surface area contributed by atoms with E-state index >= 15 is 0 Å². The molecule has 0 unspecified atom stereocenters. The monoisotopic (exact) mass is 389 g/mol. The van der Waals surface area contributed by atoms with Crippen molar-refractivity contribution in [1.29, 1.82) is 0 Å². The second kappa shape index (κ2) is 10.6. The van der Waals surface area contributed by atoms with Gasteiger partial charge in [-0.25, -0.2) is 4.98 Å². The van der Waals surface area contributed by atoms with E-state index in [9.17, 15) is 4.79 Å². The summed E-state index contributed by atoms with van der Waals surface area (Å²) in [4.78, 5) is 20.5. The zero-order valence-corrected chi connectivity index (χ0v) is 16.2. The van der Waals surface area contributed by atoms with Crippen LogP contribution >= 0.6 is 0 Å². The van der Waals surface area contributed by atoms with Crippen molar-refractivity contribution < 1.29 is 14.3 Å². The fourth-order valence-electron chi connectivity index (χ4n) is 2.46. The third-order valence-corrected chi connectivity index (χ3v) is 3.91. The molecule has 6 heteroatoms. The molecule has 3 rings (SSSR count). The zero-order valence-electron chi connectivity index (χ0n) is 16.2. The van der Waals surface area contributed by atoms with Gasteiger partial charge < -0.3 is 14.8 Å². The van der Waals surface area contributed by atoms with E-state index in [-0.39, 0.29) is 5.91 Å². The molecule has 0 atom stereocenters. The first-order valence-corrected chi connectivity index (χ1v) is 9.46. The molecule has 0 spiro atoms. The van der Waals surface area contributed by atoms with Crippen LogP contribution in [0.5, 0.6) is 17.4 Å². The lowest BCUT2D eigenvalue weighted by molar-refractivity contribution is -0.116. The maximum Gasteiger partial charge on any atom is 0.244 e. The summed E-state index contributed by atoms with van der Waals surface area (Å²) in [7, 11) is 0. The van der Waals surface area contributed by atoms with E-state index in [1.54, 1.807) is 24.5 Å². The summed E-state index contributed by atoms with van der Waals surface area (Å²) in [5, 5.41) is 2.83. The molecule has 0 saturated carbocycles. The molecule has 0 aliphatic carbocycles. The highest BCUT2D eigenvalue weighted by Crippen LogP contribution is 2.25. The smallest absolute Gasteiger partial charge is 0.244 e. The van der Waals surface area contributed by atoms with Crippen molar-refractivity contribution in [2.45, 2.75) is 19.9 Å². The van der Waals surface area contributed by atoms with E-state index in [2.05, 4.69) is 22.2 Å². The Morgan fingerprint density at radius 2 is 1.79 bits per heavy atom. The molecule has 2 aromatic heterocycles. The van der Waals surface area contributed by atoms with Gasteiger partial charge in [0, 0.05) is 30.6 Å². The van der Waals surface area contributed by atoms with E-state index in [1.807, 2.05) is 48.5 Å². The van der Waals surface area contributed by atoms with Gasteiger partial charge in [0.25, 0.3) is 0 Å². The molecule has 0 aliphatic rings. The highest BCUT2D eigenvalue weighted by Gasteiger charge is 2.07. The molecule has 148 valence electrons.